The van der Waals surface area contributed by atoms with Crippen molar-refractivity contribution in [2.75, 3.05) is 5.73 Å². The quantitative estimate of drug-likeness (QED) is 0.673. The summed E-state index contributed by atoms with van der Waals surface area (Å²) in [5.74, 6) is -0.464. The van der Waals surface area contributed by atoms with Crippen LogP contribution < -0.4 is 11.5 Å². The van der Waals surface area contributed by atoms with Crippen LogP contribution in [0.5, 0.6) is 0 Å². The Kier molecular flexibility index (Phi) is 4.29. The lowest BCUT2D eigenvalue weighted by molar-refractivity contribution is 0.100. The molecule has 0 atom stereocenters. The van der Waals surface area contributed by atoms with Gasteiger partial charge in [-0.05, 0) is 11.4 Å². The Morgan fingerprint density at radius 2 is 2.09 bits per heavy atom. The molecule has 0 aliphatic carbocycles. The summed E-state index contributed by atoms with van der Waals surface area (Å²) in [6, 6.07) is 1.61. The Balaban J connectivity index is 0.000000461. The Labute approximate surface area is 70.0 Å². The molecule has 0 spiro atoms. The van der Waals surface area contributed by atoms with Crippen LogP contribution in [0.2, 0.25) is 0 Å². The van der Waals surface area contributed by atoms with Gasteiger partial charge in [-0.25, -0.2) is 0 Å². The zero-order chi connectivity index (χ0) is 8.85. The van der Waals surface area contributed by atoms with E-state index in [1.54, 1.807) is 11.4 Å². The third-order valence-electron chi connectivity index (χ3n) is 0.961. The normalized spacial score (nSPS) is 8.18. The van der Waals surface area contributed by atoms with E-state index in [-0.39, 0.29) is 0 Å². The minimum Gasteiger partial charge on any atom is -0.390 e. The second-order valence-electron chi connectivity index (χ2n) is 1.56. The number of rotatable bonds is 1. The molecule has 11 heavy (non-hydrogen) atoms. The molecule has 1 amide bonds. The fourth-order valence-electron chi connectivity index (χ4n) is 0.525. The van der Waals surface area contributed by atoms with Crippen LogP contribution in [0.25, 0.3) is 0 Å². The van der Waals surface area contributed by atoms with Gasteiger partial charge >= 0.3 is 0 Å². The maximum absolute atomic E-state index is 10.4. The van der Waals surface area contributed by atoms with Crippen molar-refractivity contribution >= 4 is 22.2 Å². The largest absolute Gasteiger partial charge is 0.390 e. The molecule has 4 N–H and O–H groups in total. The first-order valence-electron chi connectivity index (χ1n) is 3.34. The smallest absolute Gasteiger partial charge is 0.251 e. The predicted octanol–water partition coefficient (Wildman–Crippen LogP) is 1.46. The van der Waals surface area contributed by atoms with E-state index >= 15 is 0 Å². The van der Waals surface area contributed by atoms with Crippen LogP contribution >= 0.6 is 11.3 Å². The molecule has 62 valence electrons. The maximum Gasteiger partial charge on any atom is 0.251 e. The van der Waals surface area contributed by atoms with Gasteiger partial charge in [0.15, 0.2) is 0 Å². The molecule has 4 heteroatoms. The van der Waals surface area contributed by atoms with Crippen LogP contribution in [-0.2, 0) is 0 Å². The summed E-state index contributed by atoms with van der Waals surface area (Å²) in [5, 5.41) is 2.22. The average Bonchev–Trinajstić information content (AvgIpc) is 2.39. The van der Waals surface area contributed by atoms with Gasteiger partial charge in [-0.3, -0.25) is 4.79 Å². The van der Waals surface area contributed by atoms with Gasteiger partial charge in [0.2, 0.25) is 0 Å². The topological polar surface area (TPSA) is 69.1 Å². The van der Waals surface area contributed by atoms with Crippen LogP contribution in [-0.4, -0.2) is 5.91 Å². The van der Waals surface area contributed by atoms with Gasteiger partial charge in [-0.2, -0.15) is 0 Å². The van der Waals surface area contributed by atoms with Crippen molar-refractivity contribution in [2.45, 2.75) is 13.8 Å². The fraction of sp³-hybridized carbons (Fsp3) is 0.286. The second-order valence-corrected chi connectivity index (χ2v) is 2.51. The van der Waals surface area contributed by atoms with Gasteiger partial charge in [0.25, 0.3) is 5.91 Å². The number of primary amides is 1. The van der Waals surface area contributed by atoms with E-state index in [0.717, 1.165) is 0 Å². The number of carbonyl (C=O) groups excluding carboxylic acids is 1. The SMILES string of the molecule is CC.NC(=O)c1ccsc1N. The molecule has 3 nitrogen and oxygen atoms in total. The van der Waals surface area contributed by atoms with Crippen molar-refractivity contribution < 1.29 is 4.79 Å². The highest BCUT2D eigenvalue weighted by Gasteiger charge is 2.04. The summed E-state index contributed by atoms with van der Waals surface area (Å²) in [7, 11) is 0. The molecular weight excluding hydrogens is 160 g/mol. The molecule has 0 aromatic carbocycles. The highest BCUT2D eigenvalue weighted by atomic mass is 32.1. The van der Waals surface area contributed by atoms with Gasteiger partial charge in [0, 0.05) is 0 Å². The zero-order valence-electron chi connectivity index (χ0n) is 6.63. The first kappa shape index (κ1) is 9.97. The first-order chi connectivity index (χ1) is 5.22. The summed E-state index contributed by atoms with van der Waals surface area (Å²) in [6.07, 6.45) is 0. The lowest BCUT2D eigenvalue weighted by Gasteiger charge is -1.88. The summed E-state index contributed by atoms with van der Waals surface area (Å²) < 4.78 is 0. The Morgan fingerprint density at radius 1 is 1.55 bits per heavy atom. The Bertz CT molecular complexity index is 232. The molecule has 0 bridgehead atoms. The summed E-state index contributed by atoms with van der Waals surface area (Å²) >= 11 is 1.31. The van der Waals surface area contributed by atoms with Crippen LogP contribution in [0.15, 0.2) is 11.4 Å². The molecule has 1 heterocycles. The molecule has 0 saturated carbocycles. The van der Waals surface area contributed by atoms with Crippen molar-refractivity contribution in [3.8, 4) is 0 Å². The van der Waals surface area contributed by atoms with E-state index < -0.39 is 5.91 Å². The zero-order valence-corrected chi connectivity index (χ0v) is 7.44. The van der Waals surface area contributed by atoms with E-state index in [1.807, 2.05) is 13.8 Å². The van der Waals surface area contributed by atoms with Gasteiger partial charge in [0.1, 0.15) is 0 Å². The molecule has 0 unspecified atom stereocenters. The van der Waals surface area contributed by atoms with Crippen molar-refractivity contribution in [3.05, 3.63) is 17.0 Å². The van der Waals surface area contributed by atoms with Crippen molar-refractivity contribution in [3.63, 3.8) is 0 Å². The first-order valence-corrected chi connectivity index (χ1v) is 4.22. The number of amides is 1. The lowest BCUT2D eigenvalue weighted by Crippen LogP contribution is -2.11. The molecule has 0 aliphatic rings. The second kappa shape index (κ2) is 4.73. The maximum atomic E-state index is 10.4. The molecule has 1 aromatic heterocycles. The van der Waals surface area contributed by atoms with Gasteiger partial charge in [-0.1, -0.05) is 13.8 Å². The Hall–Kier alpha value is -1.03. The molecule has 0 fully saturated rings. The highest BCUT2D eigenvalue weighted by Crippen LogP contribution is 2.17. The van der Waals surface area contributed by atoms with E-state index in [4.69, 9.17) is 11.5 Å². The monoisotopic (exact) mass is 172 g/mol. The van der Waals surface area contributed by atoms with Crippen molar-refractivity contribution in [1.82, 2.24) is 0 Å². The molecular formula is C7H12N2OS. The van der Waals surface area contributed by atoms with E-state index in [2.05, 4.69) is 0 Å². The predicted molar refractivity (Wildman–Crippen MR) is 48.6 cm³/mol. The van der Waals surface area contributed by atoms with Crippen molar-refractivity contribution in [1.29, 1.82) is 0 Å². The van der Waals surface area contributed by atoms with Crippen molar-refractivity contribution in [2.24, 2.45) is 5.73 Å². The number of anilines is 1. The highest BCUT2D eigenvalue weighted by molar-refractivity contribution is 7.14. The van der Waals surface area contributed by atoms with Crippen LogP contribution in [0.4, 0.5) is 5.00 Å². The number of hydrogen-bond donors (Lipinski definition) is 2. The number of hydrogen-bond acceptors (Lipinski definition) is 3. The third-order valence-corrected chi connectivity index (χ3v) is 1.71. The van der Waals surface area contributed by atoms with Crippen LogP contribution in [0.3, 0.4) is 0 Å². The van der Waals surface area contributed by atoms with E-state index in [9.17, 15) is 4.79 Å². The van der Waals surface area contributed by atoms with Gasteiger partial charge in [0.05, 0.1) is 10.6 Å². The van der Waals surface area contributed by atoms with Crippen LogP contribution in [0.1, 0.15) is 24.2 Å². The minimum atomic E-state index is -0.464. The summed E-state index contributed by atoms with van der Waals surface area (Å²) in [4.78, 5) is 10.4. The Morgan fingerprint density at radius 3 is 2.27 bits per heavy atom. The number of nitrogen functional groups attached to an aromatic ring is 1. The molecule has 0 aliphatic heterocycles. The average molecular weight is 172 g/mol. The molecule has 0 radical (unpaired) electrons. The molecule has 1 aromatic rings. The fourth-order valence-corrected chi connectivity index (χ4v) is 1.17. The standard InChI is InChI=1S/C5H6N2OS.C2H6/c6-4(8)3-1-2-9-5(3)7;1-2/h1-2H,7H2,(H2,6,8);1-2H3. The minimum absolute atomic E-state index is 0.417. The molecule has 0 saturated heterocycles. The van der Waals surface area contributed by atoms with Crippen LogP contribution in [0, 0.1) is 0 Å². The van der Waals surface area contributed by atoms with E-state index in [1.165, 1.54) is 11.3 Å². The summed E-state index contributed by atoms with van der Waals surface area (Å²) in [6.45, 7) is 4.00. The van der Waals surface area contributed by atoms with Gasteiger partial charge < -0.3 is 11.5 Å². The number of carbonyl (C=O) groups is 1. The lowest BCUT2D eigenvalue weighted by atomic mass is 10.3. The number of nitrogens with two attached hydrogens (primary N) is 2. The summed E-state index contributed by atoms with van der Waals surface area (Å²) in [5.41, 5.74) is 10.7. The number of thiophene rings is 1. The van der Waals surface area contributed by atoms with E-state index in [0.29, 0.717) is 10.6 Å². The molecule has 1 rings (SSSR count). The van der Waals surface area contributed by atoms with Gasteiger partial charge in [-0.15, -0.1) is 11.3 Å². The third kappa shape index (κ3) is 2.59.